The van der Waals surface area contributed by atoms with Crippen LogP contribution in [0.3, 0.4) is 0 Å². The van der Waals surface area contributed by atoms with Gasteiger partial charge in [-0.15, -0.1) is 0 Å². The van der Waals surface area contributed by atoms with E-state index in [9.17, 15) is 4.79 Å². The molecule has 1 aromatic rings. The van der Waals surface area contributed by atoms with Gasteiger partial charge in [-0.2, -0.15) is 11.8 Å². The van der Waals surface area contributed by atoms with Crippen molar-refractivity contribution < 1.29 is 4.79 Å². The summed E-state index contributed by atoms with van der Waals surface area (Å²) < 4.78 is 0. The molecule has 1 saturated heterocycles. The molecule has 1 aromatic heterocycles. The normalized spacial score (nSPS) is 20.2. The highest BCUT2D eigenvalue weighted by molar-refractivity contribution is 7.99. The molecule has 1 unspecified atom stereocenters. The van der Waals surface area contributed by atoms with Gasteiger partial charge in [-0.1, -0.05) is 0 Å². The summed E-state index contributed by atoms with van der Waals surface area (Å²) >= 11 is 1.96. The number of carbonyl (C=O) groups excluding carboxylic acids is 1. The summed E-state index contributed by atoms with van der Waals surface area (Å²) in [6, 6.07) is 4.13. The van der Waals surface area contributed by atoms with Gasteiger partial charge in [0.05, 0.1) is 5.56 Å². The van der Waals surface area contributed by atoms with E-state index < -0.39 is 0 Å². The highest BCUT2D eigenvalue weighted by Crippen LogP contribution is 2.25. The van der Waals surface area contributed by atoms with E-state index in [0.29, 0.717) is 11.6 Å². The SMILES string of the molecule is CN(c1ncccc1C=O)C1CCSC1. The molecule has 0 spiro atoms. The second kappa shape index (κ2) is 4.66. The molecule has 1 fully saturated rings. The molecule has 1 aliphatic rings. The number of hydrogen-bond donors (Lipinski definition) is 0. The number of carbonyl (C=O) groups is 1. The topological polar surface area (TPSA) is 33.2 Å². The molecule has 3 nitrogen and oxygen atoms in total. The zero-order valence-electron chi connectivity index (χ0n) is 8.72. The quantitative estimate of drug-likeness (QED) is 0.731. The Morgan fingerprint density at radius 3 is 3.20 bits per heavy atom. The summed E-state index contributed by atoms with van der Waals surface area (Å²) in [5.74, 6) is 3.14. The zero-order valence-corrected chi connectivity index (χ0v) is 9.54. The third-order valence-corrected chi connectivity index (χ3v) is 3.88. The van der Waals surface area contributed by atoms with Crippen LogP contribution >= 0.6 is 11.8 Å². The van der Waals surface area contributed by atoms with Gasteiger partial charge in [0.1, 0.15) is 5.82 Å². The fourth-order valence-electron chi connectivity index (χ4n) is 1.80. The highest BCUT2D eigenvalue weighted by Gasteiger charge is 2.22. The number of aldehydes is 1. The maximum Gasteiger partial charge on any atom is 0.153 e. The smallest absolute Gasteiger partial charge is 0.153 e. The molecule has 1 aliphatic heterocycles. The van der Waals surface area contributed by atoms with Crippen LogP contribution in [-0.2, 0) is 0 Å². The van der Waals surface area contributed by atoms with E-state index in [1.807, 2.05) is 24.9 Å². The van der Waals surface area contributed by atoms with Gasteiger partial charge in [0.2, 0.25) is 0 Å². The summed E-state index contributed by atoms with van der Waals surface area (Å²) in [5.41, 5.74) is 0.678. The zero-order chi connectivity index (χ0) is 10.7. The Kier molecular flexibility index (Phi) is 3.26. The van der Waals surface area contributed by atoms with Crippen LogP contribution in [0.5, 0.6) is 0 Å². The molecule has 15 heavy (non-hydrogen) atoms. The van der Waals surface area contributed by atoms with E-state index in [4.69, 9.17) is 0 Å². The lowest BCUT2D eigenvalue weighted by molar-refractivity contribution is 0.112. The number of rotatable bonds is 3. The molecular formula is C11H14N2OS. The van der Waals surface area contributed by atoms with Gasteiger partial charge in [-0.3, -0.25) is 4.79 Å². The molecule has 0 saturated carbocycles. The minimum absolute atomic E-state index is 0.517. The monoisotopic (exact) mass is 222 g/mol. The van der Waals surface area contributed by atoms with Gasteiger partial charge in [0, 0.05) is 25.0 Å². The molecule has 2 heterocycles. The van der Waals surface area contributed by atoms with Crippen molar-refractivity contribution in [3.8, 4) is 0 Å². The van der Waals surface area contributed by atoms with E-state index >= 15 is 0 Å². The van der Waals surface area contributed by atoms with Gasteiger partial charge in [0.25, 0.3) is 0 Å². The van der Waals surface area contributed by atoms with Crippen LogP contribution in [0.2, 0.25) is 0 Å². The Morgan fingerprint density at radius 2 is 2.53 bits per heavy atom. The van der Waals surface area contributed by atoms with Crippen molar-refractivity contribution in [1.82, 2.24) is 4.98 Å². The average Bonchev–Trinajstić information content (AvgIpc) is 2.81. The number of hydrogen-bond acceptors (Lipinski definition) is 4. The average molecular weight is 222 g/mol. The van der Waals surface area contributed by atoms with Crippen LogP contribution in [0.15, 0.2) is 18.3 Å². The maximum atomic E-state index is 10.9. The van der Waals surface area contributed by atoms with Crippen molar-refractivity contribution in [3.05, 3.63) is 23.9 Å². The van der Waals surface area contributed by atoms with E-state index in [1.165, 1.54) is 12.2 Å². The molecule has 4 heteroatoms. The van der Waals surface area contributed by atoms with Gasteiger partial charge in [0.15, 0.2) is 6.29 Å². The van der Waals surface area contributed by atoms with Crippen LogP contribution < -0.4 is 4.90 Å². The summed E-state index contributed by atoms with van der Waals surface area (Å²) in [7, 11) is 2.02. The third-order valence-electron chi connectivity index (χ3n) is 2.73. The molecule has 0 N–H and O–H groups in total. The van der Waals surface area contributed by atoms with Crippen molar-refractivity contribution in [1.29, 1.82) is 0 Å². The first kappa shape index (κ1) is 10.5. The van der Waals surface area contributed by atoms with Crippen LogP contribution in [0.4, 0.5) is 5.82 Å². The molecule has 0 radical (unpaired) electrons. The fraction of sp³-hybridized carbons (Fsp3) is 0.455. The lowest BCUT2D eigenvalue weighted by Crippen LogP contribution is -2.32. The van der Waals surface area contributed by atoms with Crippen molar-refractivity contribution in [3.63, 3.8) is 0 Å². The van der Waals surface area contributed by atoms with E-state index in [1.54, 1.807) is 12.3 Å². The van der Waals surface area contributed by atoms with Gasteiger partial charge in [-0.05, 0) is 24.3 Å². The first-order valence-electron chi connectivity index (χ1n) is 5.03. The Balaban J connectivity index is 2.23. The van der Waals surface area contributed by atoms with E-state index in [0.717, 1.165) is 17.9 Å². The Bertz CT molecular complexity index is 350. The lowest BCUT2D eigenvalue weighted by Gasteiger charge is -2.25. The van der Waals surface area contributed by atoms with Crippen molar-refractivity contribution in [2.45, 2.75) is 12.5 Å². The third kappa shape index (κ3) is 2.15. The lowest BCUT2D eigenvalue weighted by atomic mass is 10.2. The van der Waals surface area contributed by atoms with Gasteiger partial charge >= 0.3 is 0 Å². The van der Waals surface area contributed by atoms with Crippen LogP contribution in [0.25, 0.3) is 0 Å². The summed E-state index contributed by atoms with van der Waals surface area (Å²) in [5, 5.41) is 0. The predicted octanol–water partition coefficient (Wildman–Crippen LogP) is 1.84. The summed E-state index contributed by atoms with van der Waals surface area (Å²) in [6.07, 6.45) is 3.79. The summed E-state index contributed by atoms with van der Waals surface area (Å²) in [4.78, 5) is 17.3. The maximum absolute atomic E-state index is 10.9. The highest BCUT2D eigenvalue weighted by atomic mass is 32.2. The molecule has 0 aliphatic carbocycles. The molecule has 0 bridgehead atoms. The number of pyridine rings is 1. The second-order valence-electron chi connectivity index (χ2n) is 3.66. The minimum Gasteiger partial charge on any atom is -0.355 e. The molecule has 0 aromatic carbocycles. The van der Waals surface area contributed by atoms with Crippen LogP contribution in [0.1, 0.15) is 16.8 Å². The van der Waals surface area contributed by atoms with E-state index in [2.05, 4.69) is 9.88 Å². The van der Waals surface area contributed by atoms with Crippen molar-refractivity contribution in [2.75, 3.05) is 23.5 Å². The standard InChI is InChI=1S/C11H14N2OS/c1-13(10-4-6-15-8-10)11-9(7-14)3-2-5-12-11/h2-3,5,7,10H,4,6,8H2,1H3. The first-order valence-corrected chi connectivity index (χ1v) is 6.19. The second-order valence-corrected chi connectivity index (χ2v) is 4.81. The molecule has 2 rings (SSSR count). The largest absolute Gasteiger partial charge is 0.355 e. The molecule has 1 atom stereocenters. The first-order chi connectivity index (χ1) is 7.33. The Labute approximate surface area is 93.9 Å². The Morgan fingerprint density at radius 1 is 1.67 bits per heavy atom. The summed E-state index contributed by atoms with van der Waals surface area (Å²) in [6.45, 7) is 0. The number of aromatic nitrogens is 1. The van der Waals surface area contributed by atoms with Gasteiger partial charge in [-0.25, -0.2) is 4.98 Å². The van der Waals surface area contributed by atoms with Crippen LogP contribution in [0, 0.1) is 0 Å². The van der Waals surface area contributed by atoms with Crippen molar-refractivity contribution in [2.24, 2.45) is 0 Å². The predicted molar refractivity (Wildman–Crippen MR) is 63.8 cm³/mol. The van der Waals surface area contributed by atoms with Gasteiger partial charge < -0.3 is 4.90 Å². The molecule has 80 valence electrons. The number of anilines is 1. The van der Waals surface area contributed by atoms with Crippen LogP contribution in [-0.4, -0.2) is 35.9 Å². The number of thioether (sulfide) groups is 1. The minimum atomic E-state index is 0.517. The van der Waals surface area contributed by atoms with Crippen molar-refractivity contribution >= 4 is 23.9 Å². The van der Waals surface area contributed by atoms with E-state index in [-0.39, 0.29) is 0 Å². The molecular weight excluding hydrogens is 208 g/mol. The fourth-order valence-corrected chi connectivity index (χ4v) is 3.06. The number of nitrogens with zero attached hydrogens (tertiary/aromatic N) is 2. The Hall–Kier alpha value is -1.03. The molecule has 0 amide bonds.